The molecule has 0 saturated carbocycles. The first-order valence-corrected chi connectivity index (χ1v) is 7.93. The number of hydrogen-bond donors (Lipinski definition) is 1. The van der Waals surface area contributed by atoms with Crippen LogP contribution in [0.15, 0.2) is 18.2 Å². The molecular formula is C17H21NO6. The Morgan fingerprint density at radius 1 is 1.17 bits per heavy atom. The number of carboxylic acids is 1. The van der Waals surface area contributed by atoms with E-state index in [2.05, 4.69) is 0 Å². The van der Waals surface area contributed by atoms with Crippen molar-refractivity contribution in [2.45, 2.75) is 25.4 Å². The van der Waals surface area contributed by atoms with Crippen molar-refractivity contribution in [2.75, 3.05) is 32.9 Å². The molecule has 1 aromatic carbocycles. The summed E-state index contributed by atoms with van der Waals surface area (Å²) in [5.74, 6) is 0.119. The fraction of sp³-hybridized carbons (Fsp3) is 0.529. The molecular weight excluding hydrogens is 314 g/mol. The second-order valence-electron chi connectivity index (χ2n) is 6.43. The van der Waals surface area contributed by atoms with E-state index in [0.717, 1.165) is 5.56 Å². The van der Waals surface area contributed by atoms with Gasteiger partial charge in [0.2, 0.25) is 5.91 Å². The second kappa shape index (κ2) is 6.32. The Labute approximate surface area is 140 Å². The Hall–Kier alpha value is -2.28. The largest absolute Gasteiger partial charge is 0.486 e. The average molecular weight is 335 g/mol. The van der Waals surface area contributed by atoms with Gasteiger partial charge in [-0.2, -0.15) is 0 Å². The Morgan fingerprint density at radius 2 is 1.88 bits per heavy atom. The zero-order valence-electron chi connectivity index (χ0n) is 13.8. The van der Waals surface area contributed by atoms with Gasteiger partial charge in [0.1, 0.15) is 13.2 Å². The molecule has 1 fully saturated rings. The molecule has 1 atom stereocenters. The fourth-order valence-corrected chi connectivity index (χ4v) is 2.93. The first-order valence-electron chi connectivity index (χ1n) is 7.93. The van der Waals surface area contributed by atoms with Gasteiger partial charge in [0.05, 0.1) is 18.6 Å². The Morgan fingerprint density at radius 3 is 2.58 bits per heavy atom. The van der Waals surface area contributed by atoms with Gasteiger partial charge in [-0.25, -0.2) is 4.79 Å². The predicted molar refractivity (Wildman–Crippen MR) is 84.4 cm³/mol. The van der Waals surface area contributed by atoms with Crippen LogP contribution in [0.25, 0.3) is 0 Å². The van der Waals surface area contributed by atoms with Gasteiger partial charge in [-0.3, -0.25) is 4.79 Å². The maximum absolute atomic E-state index is 13.0. The lowest BCUT2D eigenvalue weighted by Gasteiger charge is -2.36. The number of ether oxygens (including phenoxy) is 3. The number of carbonyl (C=O) groups excluding carboxylic acids is 1. The Balaban J connectivity index is 1.81. The molecule has 2 aliphatic heterocycles. The van der Waals surface area contributed by atoms with Crippen LogP contribution in [0, 0.1) is 0 Å². The smallest absolute Gasteiger partial charge is 0.334 e. The molecule has 0 spiro atoms. The number of aliphatic carboxylic acids is 1. The Bertz CT molecular complexity index is 656. The number of hydrogen-bond acceptors (Lipinski definition) is 5. The molecule has 0 bridgehead atoms. The SMILES string of the molecule is CC(C)(C(=O)N1CCO[C@@H](C(=O)O)C1)c1ccc2c(c1)OCCO2. The highest BCUT2D eigenvalue weighted by atomic mass is 16.6. The zero-order chi connectivity index (χ0) is 17.3. The number of carboxylic acid groups (broad SMARTS) is 1. The molecule has 7 nitrogen and oxygen atoms in total. The molecule has 2 aliphatic rings. The van der Waals surface area contributed by atoms with Gasteiger partial charge in [-0.1, -0.05) is 6.07 Å². The van der Waals surface area contributed by atoms with Crippen molar-refractivity contribution < 1.29 is 28.9 Å². The molecule has 1 amide bonds. The number of fused-ring (bicyclic) bond motifs is 1. The van der Waals surface area contributed by atoms with E-state index in [-0.39, 0.29) is 19.1 Å². The van der Waals surface area contributed by atoms with Crippen molar-refractivity contribution >= 4 is 11.9 Å². The number of rotatable bonds is 3. The van der Waals surface area contributed by atoms with Gasteiger partial charge in [0, 0.05) is 6.54 Å². The summed E-state index contributed by atoms with van der Waals surface area (Å²) in [5, 5.41) is 9.10. The van der Waals surface area contributed by atoms with Gasteiger partial charge in [-0.05, 0) is 31.5 Å². The molecule has 1 saturated heterocycles. The molecule has 7 heteroatoms. The summed E-state index contributed by atoms with van der Waals surface area (Å²) < 4.78 is 16.3. The molecule has 0 aliphatic carbocycles. The number of amides is 1. The van der Waals surface area contributed by atoms with Crippen LogP contribution in [-0.4, -0.2) is 60.9 Å². The normalized spacial score (nSPS) is 20.6. The summed E-state index contributed by atoms with van der Waals surface area (Å²) in [4.78, 5) is 25.6. The molecule has 130 valence electrons. The van der Waals surface area contributed by atoms with Gasteiger partial charge in [-0.15, -0.1) is 0 Å². The maximum atomic E-state index is 13.0. The Kier molecular flexibility index (Phi) is 4.36. The van der Waals surface area contributed by atoms with Crippen LogP contribution >= 0.6 is 0 Å². The van der Waals surface area contributed by atoms with E-state index in [9.17, 15) is 9.59 Å². The summed E-state index contributed by atoms with van der Waals surface area (Å²) in [6, 6.07) is 5.47. The number of benzene rings is 1. The molecule has 0 unspecified atom stereocenters. The van der Waals surface area contributed by atoms with Crippen molar-refractivity contribution in [2.24, 2.45) is 0 Å². The summed E-state index contributed by atoms with van der Waals surface area (Å²) in [6.07, 6.45) is -0.973. The monoisotopic (exact) mass is 335 g/mol. The van der Waals surface area contributed by atoms with E-state index >= 15 is 0 Å². The molecule has 2 heterocycles. The number of nitrogens with zero attached hydrogens (tertiary/aromatic N) is 1. The molecule has 1 aromatic rings. The van der Waals surface area contributed by atoms with E-state index in [1.54, 1.807) is 11.0 Å². The molecule has 0 radical (unpaired) electrons. The van der Waals surface area contributed by atoms with E-state index < -0.39 is 17.5 Å². The lowest BCUT2D eigenvalue weighted by Crippen LogP contribution is -2.53. The third-order valence-corrected chi connectivity index (χ3v) is 4.43. The van der Waals surface area contributed by atoms with Crippen LogP contribution in [0.3, 0.4) is 0 Å². The van der Waals surface area contributed by atoms with Gasteiger partial charge in [0.15, 0.2) is 17.6 Å². The average Bonchev–Trinajstić information content (AvgIpc) is 2.60. The van der Waals surface area contributed by atoms with Crippen molar-refractivity contribution in [3.63, 3.8) is 0 Å². The third kappa shape index (κ3) is 3.03. The lowest BCUT2D eigenvalue weighted by molar-refractivity contribution is -0.160. The van der Waals surface area contributed by atoms with Gasteiger partial charge < -0.3 is 24.2 Å². The predicted octanol–water partition coefficient (Wildman–Crippen LogP) is 1.05. The fourth-order valence-electron chi connectivity index (χ4n) is 2.93. The van der Waals surface area contributed by atoms with Crippen LogP contribution < -0.4 is 9.47 Å². The first kappa shape index (κ1) is 16.6. The number of carbonyl (C=O) groups is 2. The van der Waals surface area contributed by atoms with Crippen molar-refractivity contribution in [3.8, 4) is 11.5 Å². The summed E-state index contributed by atoms with van der Waals surface area (Å²) in [5.41, 5.74) is -0.00826. The van der Waals surface area contributed by atoms with E-state index in [0.29, 0.717) is 31.3 Å². The van der Waals surface area contributed by atoms with Crippen molar-refractivity contribution in [1.82, 2.24) is 4.90 Å². The van der Waals surface area contributed by atoms with Gasteiger partial charge in [0.25, 0.3) is 0 Å². The minimum absolute atomic E-state index is 0.0577. The second-order valence-corrected chi connectivity index (χ2v) is 6.43. The standard InChI is InChI=1S/C17H21NO6/c1-17(2,11-3-4-12-13(9-11)24-8-7-23-12)16(21)18-5-6-22-14(10-18)15(19)20/h3-4,9,14H,5-8,10H2,1-2H3,(H,19,20)/t14-/m1/s1. The summed E-state index contributed by atoms with van der Waals surface area (Å²) in [7, 11) is 0. The maximum Gasteiger partial charge on any atom is 0.334 e. The zero-order valence-corrected chi connectivity index (χ0v) is 13.8. The first-order chi connectivity index (χ1) is 11.4. The van der Waals surface area contributed by atoms with Crippen molar-refractivity contribution in [1.29, 1.82) is 0 Å². The van der Waals surface area contributed by atoms with Gasteiger partial charge >= 0.3 is 5.97 Å². The highest BCUT2D eigenvalue weighted by molar-refractivity contribution is 5.88. The molecule has 3 rings (SSSR count). The molecule has 0 aromatic heterocycles. The van der Waals surface area contributed by atoms with E-state index in [1.165, 1.54) is 0 Å². The molecule has 24 heavy (non-hydrogen) atoms. The highest BCUT2D eigenvalue weighted by Gasteiger charge is 2.38. The van der Waals surface area contributed by atoms with E-state index in [4.69, 9.17) is 19.3 Å². The van der Waals surface area contributed by atoms with Crippen molar-refractivity contribution in [3.05, 3.63) is 23.8 Å². The van der Waals surface area contributed by atoms with Crippen LogP contribution in [0.1, 0.15) is 19.4 Å². The van der Waals surface area contributed by atoms with E-state index in [1.807, 2.05) is 26.0 Å². The van der Waals surface area contributed by atoms with Crippen LogP contribution in [-0.2, 0) is 19.7 Å². The van der Waals surface area contributed by atoms with Crippen LogP contribution in [0.2, 0.25) is 0 Å². The highest BCUT2D eigenvalue weighted by Crippen LogP contribution is 2.36. The molecule has 1 N–H and O–H groups in total. The topological polar surface area (TPSA) is 85.3 Å². The summed E-state index contributed by atoms with van der Waals surface area (Å²) in [6.45, 7) is 5.31. The lowest BCUT2D eigenvalue weighted by atomic mass is 9.82. The third-order valence-electron chi connectivity index (χ3n) is 4.43. The van der Waals surface area contributed by atoms with Crippen LogP contribution in [0.5, 0.6) is 11.5 Å². The number of morpholine rings is 1. The quantitative estimate of drug-likeness (QED) is 0.889. The summed E-state index contributed by atoms with van der Waals surface area (Å²) >= 11 is 0. The minimum atomic E-state index is -1.05. The minimum Gasteiger partial charge on any atom is -0.486 e. The van der Waals surface area contributed by atoms with Crippen LogP contribution in [0.4, 0.5) is 0 Å².